The molecule has 6 nitrogen and oxygen atoms in total. The summed E-state index contributed by atoms with van der Waals surface area (Å²) in [4.78, 5) is 23.8. The largest absolute Gasteiger partial charge is 0.444 e. The maximum absolute atomic E-state index is 13.5. The first-order valence-electron chi connectivity index (χ1n) is 12.7. The number of rotatable bonds is 4. The number of amides is 1. The molecule has 38 heavy (non-hydrogen) atoms. The molecule has 1 amide bonds. The number of carbonyl (C=O) groups is 1. The number of alkyl halides is 3. The van der Waals surface area contributed by atoms with Crippen LogP contribution in [0, 0.1) is 12.7 Å². The second-order valence-corrected chi connectivity index (χ2v) is 10.2. The zero-order chi connectivity index (χ0) is 28.7. The summed E-state index contributed by atoms with van der Waals surface area (Å²) in [6.45, 7) is 13.2. The lowest BCUT2D eigenvalue weighted by Gasteiger charge is -2.41. The summed E-state index contributed by atoms with van der Waals surface area (Å²) in [6, 6.07) is 6.52. The fourth-order valence-corrected chi connectivity index (χ4v) is 4.19. The predicted octanol–water partition coefficient (Wildman–Crippen LogP) is 6.97. The van der Waals surface area contributed by atoms with Crippen molar-refractivity contribution in [3.05, 3.63) is 59.3 Å². The number of hydrogen-bond acceptors (Lipinski definition) is 5. The lowest BCUT2D eigenvalue weighted by atomic mass is 10.0. The van der Waals surface area contributed by atoms with E-state index in [1.807, 2.05) is 13.0 Å². The van der Waals surface area contributed by atoms with Gasteiger partial charge in [-0.3, -0.25) is 0 Å². The van der Waals surface area contributed by atoms with Crippen LogP contribution in [0.5, 0.6) is 0 Å². The highest BCUT2D eigenvalue weighted by atomic mass is 19.4. The summed E-state index contributed by atoms with van der Waals surface area (Å²) < 4.78 is 58.5. The minimum absolute atomic E-state index is 0.0181. The van der Waals surface area contributed by atoms with E-state index < -0.39 is 23.4 Å². The summed E-state index contributed by atoms with van der Waals surface area (Å²) in [5.74, 6) is 0.0968. The number of halogens is 4. The number of aromatic nitrogens is 2. The molecule has 0 spiro atoms. The Labute approximate surface area is 222 Å². The normalized spacial score (nSPS) is 16.6. The number of piperazine rings is 1. The van der Waals surface area contributed by atoms with Gasteiger partial charge in [0.25, 0.3) is 0 Å². The summed E-state index contributed by atoms with van der Waals surface area (Å²) in [6.07, 6.45) is -0.592. The van der Waals surface area contributed by atoms with Gasteiger partial charge >= 0.3 is 12.3 Å². The maximum atomic E-state index is 13.5. The molecule has 0 radical (unpaired) electrons. The van der Waals surface area contributed by atoms with Gasteiger partial charge in [0.15, 0.2) is 0 Å². The lowest BCUT2D eigenvalue weighted by Crippen LogP contribution is -2.55. The molecular weight excluding hydrogens is 500 g/mol. The van der Waals surface area contributed by atoms with Crippen molar-refractivity contribution < 1.29 is 27.1 Å². The van der Waals surface area contributed by atoms with E-state index in [9.17, 15) is 22.4 Å². The molecule has 2 aromatic rings. The quantitative estimate of drug-likeness (QED) is 0.393. The Kier molecular flexibility index (Phi) is 10.7. The van der Waals surface area contributed by atoms with Crippen LogP contribution in [0.2, 0.25) is 0 Å². The van der Waals surface area contributed by atoms with Gasteiger partial charge in [-0.2, -0.15) is 13.2 Å². The van der Waals surface area contributed by atoms with Crippen molar-refractivity contribution in [1.82, 2.24) is 14.9 Å². The van der Waals surface area contributed by atoms with Gasteiger partial charge in [-0.25, -0.2) is 19.2 Å². The van der Waals surface area contributed by atoms with Gasteiger partial charge in [-0.05, 0) is 65.7 Å². The molecule has 1 aliphatic heterocycles. The Morgan fingerprint density at radius 2 is 1.87 bits per heavy atom. The van der Waals surface area contributed by atoms with Gasteiger partial charge in [0.1, 0.15) is 23.6 Å². The molecule has 1 aromatic carbocycles. The van der Waals surface area contributed by atoms with Crippen molar-refractivity contribution in [3.8, 4) is 0 Å². The minimum atomic E-state index is -4.51. The average Bonchev–Trinajstić information content (AvgIpc) is 2.79. The van der Waals surface area contributed by atoms with Crippen LogP contribution in [0.15, 0.2) is 36.7 Å². The molecule has 3 rings (SSSR count). The van der Waals surface area contributed by atoms with E-state index in [0.717, 1.165) is 24.5 Å². The number of hydrogen-bond donors (Lipinski definition) is 0. The van der Waals surface area contributed by atoms with Crippen LogP contribution in [0.3, 0.4) is 0 Å². The van der Waals surface area contributed by atoms with Crippen molar-refractivity contribution in [2.24, 2.45) is 0 Å². The van der Waals surface area contributed by atoms with Crippen LogP contribution in [0.1, 0.15) is 64.8 Å². The zero-order valence-electron chi connectivity index (χ0n) is 23.2. The van der Waals surface area contributed by atoms with Gasteiger partial charge < -0.3 is 14.5 Å². The van der Waals surface area contributed by atoms with E-state index in [1.165, 1.54) is 26.2 Å². The first-order valence-corrected chi connectivity index (χ1v) is 12.7. The molecule has 1 aromatic heterocycles. The van der Waals surface area contributed by atoms with E-state index in [-0.39, 0.29) is 28.9 Å². The van der Waals surface area contributed by atoms with Crippen molar-refractivity contribution in [2.45, 2.75) is 79.1 Å². The summed E-state index contributed by atoms with van der Waals surface area (Å²) in [5.41, 5.74) is -0.0447. The van der Waals surface area contributed by atoms with Gasteiger partial charge in [-0.1, -0.05) is 31.6 Å². The molecule has 1 atom stereocenters. The number of anilines is 1. The number of carbonyl (C=O) groups excluding carboxylic acids is 1. The Morgan fingerprint density at radius 3 is 2.39 bits per heavy atom. The smallest absolute Gasteiger partial charge is 0.416 e. The SMILES string of the molecule is C/C=C(\c1c(C)ncnc1N1CCN(C(=O)OC(C)(C)C)C(C)C1)C(F)(F)F.CCCc1cccc(F)c1. The molecule has 0 N–H and O–H groups in total. The number of allylic oxidation sites excluding steroid dienone is 2. The Balaban J connectivity index is 0.000000423. The van der Waals surface area contributed by atoms with E-state index in [4.69, 9.17) is 4.74 Å². The monoisotopic (exact) mass is 538 g/mol. The third-order valence-electron chi connectivity index (χ3n) is 5.86. The number of benzene rings is 1. The Hall–Kier alpha value is -3.17. The van der Waals surface area contributed by atoms with E-state index in [0.29, 0.717) is 19.6 Å². The fourth-order valence-electron chi connectivity index (χ4n) is 4.19. The molecule has 210 valence electrons. The lowest BCUT2D eigenvalue weighted by molar-refractivity contribution is -0.0690. The van der Waals surface area contributed by atoms with Gasteiger partial charge in [0, 0.05) is 25.7 Å². The van der Waals surface area contributed by atoms with Crippen molar-refractivity contribution in [2.75, 3.05) is 24.5 Å². The number of nitrogens with zero attached hydrogens (tertiary/aromatic N) is 4. The molecule has 0 aliphatic carbocycles. The van der Waals surface area contributed by atoms with Crippen molar-refractivity contribution >= 4 is 17.5 Å². The summed E-state index contributed by atoms with van der Waals surface area (Å²) >= 11 is 0. The van der Waals surface area contributed by atoms with Crippen LogP contribution in [0.25, 0.3) is 5.57 Å². The highest BCUT2D eigenvalue weighted by Crippen LogP contribution is 2.39. The zero-order valence-corrected chi connectivity index (χ0v) is 23.2. The van der Waals surface area contributed by atoms with Crippen LogP contribution in [0.4, 0.5) is 28.2 Å². The molecule has 1 unspecified atom stereocenters. The van der Waals surface area contributed by atoms with E-state index in [2.05, 4.69) is 16.9 Å². The Morgan fingerprint density at radius 1 is 1.18 bits per heavy atom. The molecule has 1 fully saturated rings. The molecule has 1 aliphatic rings. The highest BCUT2D eigenvalue weighted by molar-refractivity contribution is 5.79. The van der Waals surface area contributed by atoms with Crippen molar-refractivity contribution in [1.29, 1.82) is 0 Å². The average molecular weight is 539 g/mol. The molecule has 0 saturated carbocycles. The number of ether oxygens (including phenoxy) is 1. The van der Waals surface area contributed by atoms with E-state index in [1.54, 1.807) is 42.7 Å². The van der Waals surface area contributed by atoms with Crippen molar-refractivity contribution in [3.63, 3.8) is 0 Å². The van der Waals surface area contributed by atoms with Gasteiger partial charge in [-0.15, -0.1) is 0 Å². The Bertz CT molecular complexity index is 1110. The van der Waals surface area contributed by atoms with Gasteiger partial charge in [0.05, 0.1) is 16.8 Å². The second kappa shape index (κ2) is 13.1. The van der Waals surface area contributed by atoms with Crippen LogP contribution < -0.4 is 4.90 Å². The number of aryl methyl sites for hydroxylation is 2. The first-order chi connectivity index (χ1) is 17.7. The topological polar surface area (TPSA) is 58.6 Å². The molecule has 0 bridgehead atoms. The summed E-state index contributed by atoms with van der Waals surface area (Å²) in [7, 11) is 0. The van der Waals surface area contributed by atoms with Gasteiger partial charge in [0.2, 0.25) is 0 Å². The van der Waals surface area contributed by atoms with Crippen LogP contribution >= 0.6 is 0 Å². The fraction of sp³-hybridized carbons (Fsp3) is 0.536. The standard InChI is InChI=1S/C19H27F3N4O2.C9H11F/c1-7-14(19(20,21)22)15-13(3)23-11-24-16(15)25-8-9-26(12(2)10-25)17(27)28-18(4,5)6;1-2-4-8-5-3-6-9(10)7-8/h7,11-12H,8-10H2,1-6H3;3,5-7H,2,4H2,1H3/b14-7+;. The minimum Gasteiger partial charge on any atom is -0.444 e. The molecule has 10 heteroatoms. The highest BCUT2D eigenvalue weighted by Gasteiger charge is 2.39. The third-order valence-corrected chi connectivity index (χ3v) is 5.86. The first kappa shape index (κ1) is 31.1. The summed E-state index contributed by atoms with van der Waals surface area (Å²) in [5, 5.41) is 0. The molecule has 1 saturated heterocycles. The van der Waals surface area contributed by atoms with Crippen LogP contribution in [-0.2, 0) is 11.2 Å². The molecule has 2 heterocycles. The predicted molar refractivity (Wildman–Crippen MR) is 141 cm³/mol. The van der Waals surface area contributed by atoms with E-state index >= 15 is 0 Å². The third kappa shape index (κ3) is 8.70. The second-order valence-electron chi connectivity index (χ2n) is 10.2. The molecular formula is C28H38F4N4O2. The maximum Gasteiger partial charge on any atom is 0.416 e. The van der Waals surface area contributed by atoms with Crippen LogP contribution in [-0.4, -0.2) is 58.4 Å².